The van der Waals surface area contributed by atoms with Crippen molar-refractivity contribution < 1.29 is 27.4 Å². The van der Waals surface area contributed by atoms with Crippen LogP contribution in [0.2, 0.25) is 0 Å². The molecular weight excluding hydrogens is 282 g/mol. The molecule has 0 atom stereocenters. The van der Waals surface area contributed by atoms with Crippen molar-refractivity contribution in [2.45, 2.75) is 31.1 Å². The lowest BCUT2D eigenvalue weighted by Gasteiger charge is -2.15. The third kappa shape index (κ3) is 2.23. The summed E-state index contributed by atoms with van der Waals surface area (Å²) < 4.78 is 33.2. The normalized spacial score (nSPS) is 17.2. The van der Waals surface area contributed by atoms with Crippen molar-refractivity contribution in [1.82, 2.24) is 0 Å². The van der Waals surface area contributed by atoms with Gasteiger partial charge in [0.2, 0.25) is 12.2 Å². The molecule has 0 bridgehead atoms. The maximum atomic E-state index is 11.2. The third-order valence-electron chi connectivity index (χ3n) is 3.83. The van der Waals surface area contributed by atoms with Gasteiger partial charge in [0.25, 0.3) is 10.1 Å². The summed E-state index contributed by atoms with van der Waals surface area (Å²) in [5, 5.41) is 8.98. The SMILES string of the molecule is CC1=[N+](CC(=O)O)c2ccc(S(=O)(=O)O)cc2C1(C)C. The summed E-state index contributed by atoms with van der Waals surface area (Å²) in [6, 6.07) is 4.20. The van der Waals surface area contributed by atoms with Crippen LogP contribution in [-0.2, 0) is 20.3 Å². The molecule has 7 heteroatoms. The fraction of sp³-hybridized carbons (Fsp3) is 0.385. The van der Waals surface area contributed by atoms with E-state index in [4.69, 9.17) is 9.66 Å². The summed E-state index contributed by atoms with van der Waals surface area (Å²) >= 11 is 0. The molecule has 1 aliphatic heterocycles. The van der Waals surface area contributed by atoms with Gasteiger partial charge < -0.3 is 5.11 Å². The first-order valence-electron chi connectivity index (χ1n) is 6.00. The average molecular weight is 298 g/mol. The third-order valence-corrected chi connectivity index (χ3v) is 4.68. The number of benzene rings is 1. The lowest BCUT2D eigenvalue weighted by molar-refractivity contribution is -0.429. The Bertz CT molecular complexity index is 731. The van der Waals surface area contributed by atoms with E-state index in [0.717, 1.165) is 5.71 Å². The van der Waals surface area contributed by atoms with Crippen molar-refractivity contribution >= 4 is 27.5 Å². The van der Waals surface area contributed by atoms with Crippen LogP contribution in [0.4, 0.5) is 5.69 Å². The van der Waals surface area contributed by atoms with Crippen LogP contribution in [-0.4, -0.2) is 40.9 Å². The minimum absolute atomic E-state index is 0.186. The number of carboxylic acids is 1. The fourth-order valence-corrected chi connectivity index (χ4v) is 2.97. The number of carboxylic acid groups (broad SMARTS) is 1. The number of rotatable bonds is 3. The van der Waals surface area contributed by atoms with E-state index in [1.165, 1.54) is 18.2 Å². The Morgan fingerprint density at radius 2 is 1.95 bits per heavy atom. The van der Waals surface area contributed by atoms with E-state index in [1.807, 2.05) is 20.8 Å². The molecule has 0 radical (unpaired) electrons. The molecule has 2 rings (SSSR count). The highest BCUT2D eigenvalue weighted by Gasteiger charge is 2.44. The summed E-state index contributed by atoms with van der Waals surface area (Å²) in [4.78, 5) is 10.8. The molecule has 1 aromatic carbocycles. The Labute approximate surface area is 117 Å². The molecule has 0 fully saturated rings. The minimum Gasteiger partial charge on any atom is -0.477 e. The number of hydrogen-bond acceptors (Lipinski definition) is 3. The molecule has 0 aliphatic carbocycles. The predicted molar refractivity (Wildman–Crippen MR) is 72.4 cm³/mol. The smallest absolute Gasteiger partial charge is 0.370 e. The summed E-state index contributed by atoms with van der Waals surface area (Å²) in [6.45, 7) is 5.40. The van der Waals surface area contributed by atoms with Crippen LogP contribution in [0.1, 0.15) is 26.3 Å². The van der Waals surface area contributed by atoms with Gasteiger partial charge in [0.05, 0.1) is 10.3 Å². The number of fused-ring (bicyclic) bond motifs is 1. The lowest BCUT2D eigenvalue weighted by atomic mass is 9.82. The van der Waals surface area contributed by atoms with Gasteiger partial charge in [0.15, 0.2) is 5.71 Å². The van der Waals surface area contributed by atoms with Crippen LogP contribution >= 0.6 is 0 Å². The molecule has 6 nitrogen and oxygen atoms in total. The predicted octanol–water partition coefficient (Wildman–Crippen LogP) is 1.41. The van der Waals surface area contributed by atoms with Crippen LogP contribution in [0.25, 0.3) is 0 Å². The Morgan fingerprint density at radius 3 is 2.45 bits per heavy atom. The molecule has 1 heterocycles. The number of hydrogen-bond donors (Lipinski definition) is 2. The molecule has 0 amide bonds. The van der Waals surface area contributed by atoms with Crippen LogP contribution in [0.5, 0.6) is 0 Å². The van der Waals surface area contributed by atoms with E-state index in [2.05, 4.69) is 0 Å². The van der Waals surface area contributed by atoms with Crippen LogP contribution < -0.4 is 0 Å². The van der Waals surface area contributed by atoms with Crippen molar-refractivity contribution in [3.63, 3.8) is 0 Å². The minimum atomic E-state index is -4.28. The number of aliphatic carboxylic acids is 1. The average Bonchev–Trinajstić information content (AvgIpc) is 2.49. The Morgan fingerprint density at radius 1 is 1.35 bits per heavy atom. The van der Waals surface area contributed by atoms with Crippen molar-refractivity contribution in [1.29, 1.82) is 0 Å². The maximum Gasteiger partial charge on any atom is 0.370 e. The van der Waals surface area contributed by atoms with Gasteiger partial charge in [0, 0.05) is 18.6 Å². The molecular formula is C13H16NO5S+. The first-order chi connectivity index (χ1) is 9.05. The molecule has 0 saturated heterocycles. The highest BCUT2D eigenvalue weighted by Crippen LogP contribution is 2.40. The number of nitrogens with zero attached hydrogens (tertiary/aromatic N) is 1. The van der Waals surface area contributed by atoms with E-state index in [-0.39, 0.29) is 11.4 Å². The van der Waals surface area contributed by atoms with Gasteiger partial charge in [-0.3, -0.25) is 4.55 Å². The van der Waals surface area contributed by atoms with Crippen LogP contribution in [0, 0.1) is 0 Å². The van der Waals surface area contributed by atoms with Crippen LogP contribution in [0.3, 0.4) is 0 Å². The molecule has 2 N–H and O–H groups in total. The molecule has 0 unspecified atom stereocenters. The largest absolute Gasteiger partial charge is 0.477 e. The summed E-state index contributed by atoms with van der Waals surface area (Å²) in [5.41, 5.74) is 1.67. The monoisotopic (exact) mass is 298 g/mol. The van der Waals surface area contributed by atoms with Gasteiger partial charge in [0.1, 0.15) is 0 Å². The van der Waals surface area contributed by atoms with E-state index in [9.17, 15) is 13.2 Å². The van der Waals surface area contributed by atoms with Gasteiger partial charge in [-0.1, -0.05) is 0 Å². The van der Waals surface area contributed by atoms with Crippen molar-refractivity contribution in [3.05, 3.63) is 23.8 Å². The van der Waals surface area contributed by atoms with Gasteiger partial charge in [-0.25, -0.2) is 4.79 Å². The van der Waals surface area contributed by atoms with Crippen LogP contribution in [0.15, 0.2) is 23.1 Å². The second-order valence-corrected chi connectivity index (χ2v) is 6.77. The highest BCUT2D eigenvalue weighted by atomic mass is 32.2. The molecule has 0 saturated carbocycles. The van der Waals surface area contributed by atoms with Crippen molar-refractivity contribution in [2.75, 3.05) is 6.54 Å². The van der Waals surface area contributed by atoms with E-state index >= 15 is 0 Å². The topological polar surface area (TPSA) is 94.7 Å². The van der Waals surface area contributed by atoms with Gasteiger partial charge in [-0.05, 0) is 26.0 Å². The molecule has 0 spiro atoms. The first kappa shape index (κ1) is 14.7. The zero-order chi connectivity index (χ0) is 15.3. The highest BCUT2D eigenvalue weighted by molar-refractivity contribution is 7.85. The maximum absolute atomic E-state index is 11.2. The summed E-state index contributed by atoms with van der Waals surface area (Å²) in [6.07, 6.45) is 0. The molecule has 108 valence electrons. The fourth-order valence-electron chi connectivity index (χ4n) is 2.46. The van der Waals surface area contributed by atoms with Crippen molar-refractivity contribution in [3.8, 4) is 0 Å². The van der Waals surface area contributed by atoms with E-state index in [1.54, 1.807) is 4.58 Å². The quantitative estimate of drug-likeness (QED) is 0.650. The first-order valence-corrected chi connectivity index (χ1v) is 7.44. The van der Waals surface area contributed by atoms with E-state index in [0.29, 0.717) is 11.3 Å². The molecule has 1 aliphatic rings. The van der Waals surface area contributed by atoms with Crippen molar-refractivity contribution in [2.24, 2.45) is 0 Å². The number of carbonyl (C=O) groups is 1. The summed E-state index contributed by atoms with van der Waals surface area (Å²) in [5.74, 6) is -0.966. The lowest BCUT2D eigenvalue weighted by Crippen LogP contribution is -2.28. The second-order valence-electron chi connectivity index (χ2n) is 5.34. The zero-order valence-corrected chi connectivity index (χ0v) is 12.2. The second kappa shape index (κ2) is 4.39. The Hall–Kier alpha value is -1.73. The van der Waals surface area contributed by atoms with Gasteiger partial charge in [-0.2, -0.15) is 13.0 Å². The van der Waals surface area contributed by atoms with Gasteiger partial charge in [-0.15, -0.1) is 0 Å². The standard InChI is InChI=1S/C13H15NO5S/c1-8-13(2,3)10-6-9(20(17,18)19)4-5-11(10)14(8)7-12(15)16/h4-6H,7H2,1-3H3,(H-,15,16,17,18,19)/p+1. The van der Waals surface area contributed by atoms with Gasteiger partial charge >= 0.3 is 5.97 Å². The molecule has 1 aromatic rings. The van der Waals surface area contributed by atoms with E-state index < -0.39 is 21.5 Å². The summed E-state index contributed by atoms with van der Waals surface area (Å²) in [7, 11) is -4.28. The molecule has 20 heavy (non-hydrogen) atoms. The zero-order valence-electron chi connectivity index (χ0n) is 11.4. The Kier molecular flexibility index (Phi) is 3.22. The molecule has 0 aromatic heterocycles. The Balaban J connectivity index is 2.66.